The number of hydrogen-bond donors (Lipinski definition) is 0. The molecule has 0 saturated heterocycles. The van der Waals surface area contributed by atoms with Gasteiger partial charge in [0.25, 0.3) is 0 Å². The van der Waals surface area contributed by atoms with Gasteiger partial charge in [-0.3, -0.25) is 0 Å². The topological polar surface area (TPSA) is 0 Å². The van der Waals surface area contributed by atoms with E-state index < -0.39 is 24.2 Å². The van der Waals surface area contributed by atoms with Gasteiger partial charge in [-0.25, -0.2) is 0 Å². The van der Waals surface area contributed by atoms with Crippen molar-refractivity contribution in [2.45, 2.75) is 63.2 Å². The second kappa shape index (κ2) is 3.60. The van der Waals surface area contributed by atoms with E-state index in [1.807, 2.05) is 0 Å². The lowest BCUT2D eigenvalue weighted by Crippen LogP contribution is -2.64. The highest BCUT2D eigenvalue weighted by Gasteiger charge is 2.56. The van der Waals surface area contributed by atoms with Crippen molar-refractivity contribution in [1.29, 1.82) is 0 Å². The van der Waals surface area contributed by atoms with Gasteiger partial charge in [0.1, 0.15) is 0 Å². The van der Waals surface area contributed by atoms with E-state index in [1.165, 1.54) is 0 Å². The second-order valence-electron chi connectivity index (χ2n) is 7.66. The van der Waals surface area contributed by atoms with E-state index in [9.17, 15) is 0 Å². The lowest BCUT2D eigenvalue weighted by Gasteiger charge is -2.57. The van der Waals surface area contributed by atoms with Crippen LogP contribution >= 0.6 is 0 Å². The van der Waals surface area contributed by atoms with Crippen molar-refractivity contribution in [2.75, 3.05) is 0 Å². The summed E-state index contributed by atoms with van der Waals surface area (Å²) in [5, 5.41) is 0. The van der Waals surface area contributed by atoms with Gasteiger partial charge in [0, 0.05) is 24.2 Å². The van der Waals surface area contributed by atoms with Crippen molar-refractivity contribution >= 4 is 24.2 Å². The molecule has 0 bridgehead atoms. The van der Waals surface area contributed by atoms with Gasteiger partial charge in [-0.1, -0.05) is 65.8 Å². The van der Waals surface area contributed by atoms with Gasteiger partial charge >= 0.3 is 0 Å². The molecule has 0 amide bonds. The molecule has 0 nitrogen and oxygen atoms in total. The first-order valence-corrected chi connectivity index (χ1v) is 16.1. The Labute approximate surface area is 94.5 Å². The molecule has 0 heterocycles. The van der Waals surface area contributed by atoms with Gasteiger partial charge in [0.2, 0.25) is 0 Å². The minimum Gasteiger partial charge on any atom is -0.0696 e. The van der Waals surface area contributed by atoms with Crippen LogP contribution in [0.25, 0.3) is 0 Å². The predicted octanol–water partition coefficient (Wildman–Crippen LogP) is 4.65. The molecule has 0 aliphatic carbocycles. The van der Waals surface area contributed by atoms with Crippen LogP contribution in [0.15, 0.2) is 0 Å². The maximum atomic E-state index is 4.77. The first-order chi connectivity index (χ1) is 5.75. The number of rotatable bonds is 3. The minimum absolute atomic E-state index is 0.479. The van der Waals surface area contributed by atoms with Crippen LogP contribution in [0.2, 0.25) is 63.2 Å². The third-order valence-electron chi connectivity index (χ3n) is 3.84. The maximum Gasteiger partial charge on any atom is 0.0452 e. The second-order valence-corrected chi connectivity index (χ2v) is 25.2. The Morgan fingerprint density at radius 1 is 0.571 bits per heavy atom. The molecule has 14 heavy (non-hydrogen) atoms. The molecular formula is C11H29Si3. The molecule has 0 saturated carbocycles. The van der Waals surface area contributed by atoms with Crippen molar-refractivity contribution in [3.05, 3.63) is 6.92 Å². The highest BCUT2D eigenvalue weighted by atomic mass is 28.5. The zero-order valence-corrected chi connectivity index (χ0v) is 14.7. The molecule has 1 radical (unpaired) electrons. The third kappa shape index (κ3) is 2.25. The van der Waals surface area contributed by atoms with E-state index in [0.717, 1.165) is 0 Å². The van der Waals surface area contributed by atoms with Crippen LogP contribution < -0.4 is 0 Å². The Hall–Kier alpha value is 0.651. The van der Waals surface area contributed by atoms with Crippen LogP contribution in [-0.4, -0.2) is 24.2 Å². The summed E-state index contributed by atoms with van der Waals surface area (Å²) in [5.74, 6) is 0. The fourth-order valence-corrected chi connectivity index (χ4v) is 30.4. The fraction of sp³-hybridized carbons (Fsp3) is 0.909. The zero-order valence-electron chi connectivity index (χ0n) is 11.7. The molecule has 3 heteroatoms. The Balaban J connectivity index is 5.54. The van der Waals surface area contributed by atoms with Crippen molar-refractivity contribution in [3.8, 4) is 0 Å². The van der Waals surface area contributed by atoms with E-state index in [0.29, 0.717) is 4.28 Å². The molecule has 0 fully saturated rings. The van der Waals surface area contributed by atoms with Crippen LogP contribution in [-0.2, 0) is 0 Å². The summed E-state index contributed by atoms with van der Waals surface area (Å²) < 4.78 is 0.479. The summed E-state index contributed by atoms with van der Waals surface area (Å²) >= 11 is 0. The summed E-state index contributed by atoms with van der Waals surface area (Å²) in [5.41, 5.74) is 0. The molecular weight excluding hydrogens is 216 g/mol. The van der Waals surface area contributed by atoms with Crippen molar-refractivity contribution in [2.24, 2.45) is 0 Å². The van der Waals surface area contributed by atoms with Crippen molar-refractivity contribution in [3.63, 3.8) is 0 Å². The molecule has 0 aliphatic rings. The van der Waals surface area contributed by atoms with E-state index in [2.05, 4.69) is 58.9 Å². The quantitative estimate of drug-likeness (QED) is 0.635. The molecule has 0 atom stereocenters. The Bertz CT molecular complexity index is 164. The molecule has 85 valence electrons. The van der Waals surface area contributed by atoms with Gasteiger partial charge in [0.15, 0.2) is 0 Å². The molecule has 0 unspecified atom stereocenters. The van der Waals surface area contributed by atoms with Gasteiger partial charge in [0.05, 0.1) is 0 Å². The third-order valence-corrected chi connectivity index (χ3v) is 25.0. The number of hydrogen-bond acceptors (Lipinski definition) is 0. The fourth-order valence-electron chi connectivity index (χ4n) is 3.38. The van der Waals surface area contributed by atoms with Crippen LogP contribution in [0.3, 0.4) is 0 Å². The molecule has 0 spiro atoms. The van der Waals surface area contributed by atoms with E-state index in [1.54, 1.807) is 0 Å². The van der Waals surface area contributed by atoms with Crippen molar-refractivity contribution in [1.82, 2.24) is 0 Å². The van der Waals surface area contributed by atoms with Gasteiger partial charge in [-0.05, 0) is 4.28 Å². The van der Waals surface area contributed by atoms with Crippen LogP contribution in [0.1, 0.15) is 0 Å². The van der Waals surface area contributed by atoms with Crippen LogP contribution in [0, 0.1) is 6.92 Å². The van der Waals surface area contributed by atoms with Crippen LogP contribution in [0.4, 0.5) is 0 Å². The highest BCUT2D eigenvalue weighted by molar-refractivity contribution is 7.15. The molecule has 0 rings (SSSR count). The minimum atomic E-state index is -1.17. The van der Waals surface area contributed by atoms with Gasteiger partial charge < -0.3 is 0 Å². The maximum absolute atomic E-state index is 4.77. The van der Waals surface area contributed by atoms with Crippen molar-refractivity contribution < 1.29 is 0 Å². The summed E-state index contributed by atoms with van der Waals surface area (Å²) in [6, 6.07) is 0. The zero-order chi connectivity index (χ0) is 12.0. The molecule has 0 aromatic heterocycles. The first-order valence-electron chi connectivity index (χ1n) is 5.60. The van der Waals surface area contributed by atoms with E-state index in [-0.39, 0.29) is 0 Å². The first kappa shape index (κ1) is 14.7. The Morgan fingerprint density at radius 3 is 0.714 bits per heavy atom. The van der Waals surface area contributed by atoms with E-state index in [4.69, 9.17) is 6.92 Å². The Morgan fingerprint density at radius 2 is 0.714 bits per heavy atom. The SMILES string of the molecule is [CH2]C([Si](C)(C)C)([Si](C)(C)C)[Si](C)(C)C. The Kier molecular flexibility index (Phi) is 3.76. The van der Waals surface area contributed by atoms with E-state index >= 15 is 0 Å². The normalized spacial score (nSPS) is 15.9. The monoisotopic (exact) mass is 245 g/mol. The predicted molar refractivity (Wildman–Crippen MR) is 78.1 cm³/mol. The average molecular weight is 246 g/mol. The summed E-state index contributed by atoms with van der Waals surface area (Å²) in [7, 11) is -3.51. The smallest absolute Gasteiger partial charge is 0.0452 e. The van der Waals surface area contributed by atoms with Gasteiger partial charge in [-0.15, -0.1) is 0 Å². The molecule has 0 aliphatic heterocycles. The summed E-state index contributed by atoms with van der Waals surface area (Å²) in [4.78, 5) is 0. The average Bonchev–Trinajstić information content (AvgIpc) is 1.77. The lowest BCUT2D eigenvalue weighted by atomic mass is 10.9. The summed E-state index contributed by atoms with van der Waals surface area (Å²) in [6.45, 7) is 27.4. The summed E-state index contributed by atoms with van der Waals surface area (Å²) in [6.07, 6.45) is 0. The molecule has 0 N–H and O–H groups in total. The van der Waals surface area contributed by atoms with Gasteiger partial charge in [-0.2, -0.15) is 0 Å². The highest BCUT2D eigenvalue weighted by Crippen LogP contribution is 2.52. The van der Waals surface area contributed by atoms with Crippen LogP contribution in [0.5, 0.6) is 0 Å². The molecule has 0 aromatic rings. The largest absolute Gasteiger partial charge is 0.0696 e. The lowest BCUT2D eigenvalue weighted by molar-refractivity contribution is 1.12. The molecule has 0 aromatic carbocycles. The standard InChI is InChI=1S/C11H29Si3/c1-11(12(2,3)4,13(5,6)7)14(8,9)10/h1H2,2-10H3.